The van der Waals surface area contributed by atoms with Crippen LogP contribution < -0.4 is 15.0 Å². The van der Waals surface area contributed by atoms with Gasteiger partial charge in [-0.2, -0.15) is 0 Å². The summed E-state index contributed by atoms with van der Waals surface area (Å²) in [6.07, 6.45) is 0.999. The zero-order valence-corrected chi connectivity index (χ0v) is 14.6. The maximum absolute atomic E-state index is 12.6. The first kappa shape index (κ1) is 17.5. The normalized spacial score (nSPS) is 15.8. The number of nitrogens with one attached hydrogen (secondary N) is 1. The minimum absolute atomic E-state index is 0.0440. The van der Waals surface area contributed by atoms with Crippen molar-refractivity contribution in [3.05, 3.63) is 66.2 Å². The van der Waals surface area contributed by atoms with Gasteiger partial charge in [0, 0.05) is 0 Å². The average molecular weight is 366 g/mol. The summed E-state index contributed by atoms with van der Waals surface area (Å²) in [5, 5.41) is 2.37. The van der Waals surface area contributed by atoms with Crippen LogP contribution in [0.2, 0.25) is 0 Å². The molecular weight excluding hydrogens is 352 g/mol. The van der Waals surface area contributed by atoms with E-state index in [1.165, 1.54) is 6.92 Å². The van der Waals surface area contributed by atoms with Gasteiger partial charge in [-0.3, -0.25) is 24.6 Å². The lowest BCUT2D eigenvalue weighted by Gasteiger charge is -2.28. The van der Waals surface area contributed by atoms with E-state index in [0.29, 0.717) is 17.2 Å². The molecule has 2 aromatic carbocycles. The molecule has 3 rings (SSSR count). The van der Waals surface area contributed by atoms with E-state index in [1.807, 2.05) is 30.3 Å². The number of allylic oxidation sites excluding steroid dienone is 1. The lowest BCUT2D eigenvalue weighted by molar-refractivity contribution is -0.123. The van der Waals surface area contributed by atoms with E-state index in [1.54, 1.807) is 24.3 Å². The standard InChI is InChI=1S/C19H14N2O4S/c1-12(22)11-16-17(23)20-19(26)21(18(16)24)13-7-9-15(10-8-13)25-14-5-3-2-4-6-14/h2-11H,1H3,(H,20,23,26)/b16-11+. The minimum atomic E-state index is -0.685. The van der Waals surface area contributed by atoms with Crippen LogP contribution in [-0.2, 0) is 14.4 Å². The number of hydrogen-bond donors (Lipinski definition) is 1. The SMILES string of the molecule is CC(=O)/C=C1\C(=O)NC(=S)N(c2ccc(Oc3ccccc3)cc2)C1=O. The van der Waals surface area contributed by atoms with Gasteiger partial charge in [-0.15, -0.1) is 0 Å². The third kappa shape index (κ3) is 3.68. The molecule has 26 heavy (non-hydrogen) atoms. The highest BCUT2D eigenvalue weighted by Crippen LogP contribution is 2.26. The molecule has 0 radical (unpaired) electrons. The number of anilines is 1. The highest BCUT2D eigenvalue weighted by atomic mass is 32.1. The van der Waals surface area contributed by atoms with Crippen molar-refractivity contribution in [3.63, 3.8) is 0 Å². The highest BCUT2D eigenvalue weighted by molar-refractivity contribution is 7.80. The van der Waals surface area contributed by atoms with Crippen molar-refractivity contribution in [1.82, 2.24) is 5.32 Å². The molecule has 6 nitrogen and oxygen atoms in total. The Bertz CT molecular complexity index is 920. The lowest BCUT2D eigenvalue weighted by Crippen LogP contribution is -2.54. The third-order valence-electron chi connectivity index (χ3n) is 3.52. The van der Waals surface area contributed by atoms with Crippen LogP contribution in [0.25, 0.3) is 0 Å². The molecule has 0 atom stereocenters. The minimum Gasteiger partial charge on any atom is -0.457 e. The summed E-state index contributed by atoms with van der Waals surface area (Å²) in [6, 6.07) is 15.9. The van der Waals surface area contributed by atoms with E-state index >= 15 is 0 Å². The Morgan fingerprint density at radius 2 is 1.65 bits per heavy atom. The number of carbonyl (C=O) groups is 3. The van der Waals surface area contributed by atoms with Gasteiger partial charge in [-0.05, 0) is 61.6 Å². The zero-order valence-electron chi connectivity index (χ0n) is 13.8. The van der Waals surface area contributed by atoms with Crippen molar-refractivity contribution in [2.75, 3.05) is 4.90 Å². The fourth-order valence-corrected chi connectivity index (χ4v) is 2.66. The maximum atomic E-state index is 12.6. The second kappa shape index (κ2) is 7.28. The first-order chi connectivity index (χ1) is 12.5. The molecule has 0 aromatic heterocycles. The van der Waals surface area contributed by atoms with Crippen LogP contribution in [-0.4, -0.2) is 22.7 Å². The maximum Gasteiger partial charge on any atom is 0.270 e. The summed E-state index contributed by atoms with van der Waals surface area (Å²) < 4.78 is 5.70. The van der Waals surface area contributed by atoms with E-state index < -0.39 is 17.6 Å². The van der Waals surface area contributed by atoms with Crippen molar-refractivity contribution < 1.29 is 19.1 Å². The summed E-state index contributed by atoms with van der Waals surface area (Å²) in [5.41, 5.74) is 0.200. The zero-order chi connectivity index (χ0) is 18.7. The molecule has 0 unspecified atom stereocenters. The predicted molar refractivity (Wildman–Crippen MR) is 99.9 cm³/mol. The van der Waals surface area contributed by atoms with Gasteiger partial charge in [0.25, 0.3) is 11.8 Å². The smallest absolute Gasteiger partial charge is 0.270 e. The van der Waals surface area contributed by atoms with Crippen LogP contribution in [0.1, 0.15) is 6.92 Å². The van der Waals surface area contributed by atoms with E-state index in [0.717, 1.165) is 11.0 Å². The first-order valence-corrected chi connectivity index (χ1v) is 8.11. The Morgan fingerprint density at radius 1 is 1.04 bits per heavy atom. The molecule has 0 bridgehead atoms. The molecule has 130 valence electrons. The van der Waals surface area contributed by atoms with E-state index in [4.69, 9.17) is 17.0 Å². The summed E-state index contributed by atoms with van der Waals surface area (Å²) in [5.74, 6) is -0.466. The van der Waals surface area contributed by atoms with Crippen LogP contribution in [0, 0.1) is 0 Å². The highest BCUT2D eigenvalue weighted by Gasteiger charge is 2.34. The Hall–Kier alpha value is -3.32. The molecule has 1 aliphatic heterocycles. The number of amides is 2. The summed E-state index contributed by atoms with van der Waals surface area (Å²) in [6.45, 7) is 1.26. The number of ketones is 1. The molecule has 1 aliphatic rings. The van der Waals surface area contributed by atoms with Gasteiger partial charge < -0.3 is 4.74 Å². The summed E-state index contributed by atoms with van der Waals surface area (Å²) in [4.78, 5) is 36.9. The van der Waals surface area contributed by atoms with Crippen molar-refractivity contribution in [3.8, 4) is 11.5 Å². The molecule has 7 heteroatoms. The second-order valence-corrected chi connectivity index (χ2v) is 5.86. The second-order valence-electron chi connectivity index (χ2n) is 5.48. The van der Waals surface area contributed by atoms with E-state index in [9.17, 15) is 14.4 Å². The quantitative estimate of drug-likeness (QED) is 0.512. The van der Waals surface area contributed by atoms with Gasteiger partial charge in [-0.25, -0.2) is 0 Å². The van der Waals surface area contributed by atoms with E-state index in [-0.39, 0.29) is 10.7 Å². The molecule has 0 spiro atoms. The van der Waals surface area contributed by atoms with Crippen molar-refractivity contribution >= 4 is 40.6 Å². The first-order valence-electron chi connectivity index (χ1n) is 7.70. The molecule has 2 amide bonds. The van der Waals surface area contributed by atoms with Crippen LogP contribution in [0.3, 0.4) is 0 Å². The van der Waals surface area contributed by atoms with Crippen LogP contribution in [0.5, 0.6) is 11.5 Å². The largest absolute Gasteiger partial charge is 0.457 e. The van der Waals surface area contributed by atoms with Gasteiger partial charge in [0.2, 0.25) is 0 Å². The summed E-state index contributed by atoms with van der Waals surface area (Å²) >= 11 is 5.10. The van der Waals surface area contributed by atoms with Crippen molar-refractivity contribution in [2.45, 2.75) is 6.92 Å². The molecule has 1 fully saturated rings. The summed E-state index contributed by atoms with van der Waals surface area (Å²) in [7, 11) is 0. The van der Waals surface area contributed by atoms with Crippen LogP contribution in [0.4, 0.5) is 5.69 Å². The molecule has 1 N–H and O–H groups in total. The monoisotopic (exact) mass is 366 g/mol. The molecule has 0 saturated carbocycles. The fourth-order valence-electron chi connectivity index (χ4n) is 2.38. The number of carbonyl (C=O) groups excluding carboxylic acids is 3. The van der Waals surface area contributed by atoms with Crippen LogP contribution in [0.15, 0.2) is 66.2 Å². The van der Waals surface area contributed by atoms with Gasteiger partial charge >= 0.3 is 0 Å². The lowest BCUT2D eigenvalue weighted by atomic mass is 10.1. The number of thiocarbonyl (C=S) groups is 1. The van der Waals surface area contributed by atoms with E-state index in [2.05, 4.69) is 5.32 Å². The number of ether oxygens (including phenoxy) is 1. The van der Waals surface area contributed by atoms with Gasteiger partial charge in [0.1, 0.15) is 17.1 Å². The van der Waals surface area contributed by atoms with Crippen LogP contribution >= 0.6 is 12.2 Å². The number of rotatable bonds is 4. The average Bonchev–Trinajstić information content (AvgIpc) is 2.61. The van der Waals surface area contributed by atoms with Gasteiger partial charge in [-0.1, -0.05) is 18.2 Å². The molecule has 1 heterocycles. The number of nitrogens with zero attached hydrogens (tertiary/aromatic N) is 1. The Labute approximate surface area is 155 Å². The molecule has 1 saturated heterocycles. The Morgan fingerprint density at radius 3 is 2.27 bits per heavy atom. The van der Waals surface area contributed by atoms with Crippen molar-refractivity contribution in [2.24, 2.45) is 0 Å². The number of benzene rings is 2. The third-order valence-corrected chi connectivity index (χ3v) is 3.81. The topological polar surface area (TPSA) is 75.7 Å². The predicted octanol–water partition coefficient (Wildman–Crippen LogP) is 2.74. The van der Waals surface area contributed by atoms with Gasteiger partial charge in [0.15, 0.2) is 10.9 Å². The molecule has 2 aromatic rings. The molecular formula is C19H14N2O4S. The van der Waals surface area contributed by atoms with Gasteiger partial charge in [0.05, 0.1) is 5.69 Å². The number of hydrogen-bond acceptors (Lipinski definition) is 5. The fraction of sp³-hybridized carbons (Fsp3) is 0.0526. The Balaban J connectivity index is 1.85. The number of para-hydroxylation sites is 1. The Kier molecular flexibility index (Phi) is 4.90. The van der Waals surface area contributed by atoms with Crippen molar-refractivity contribution in [1.29, 1.82) is 0 Å². The molecule has 0 aliphatic carbocycles.